The lowest BCUT2D eigenvalue weighted by Crippen LogP contribution is -2.32. The first-order valence-electron chi connectivity index (χ1n) is 10.9. The SMILES string of the molecule is COc1ccc([C@@H]2C3=C(Nc4ncnn42)c2cc(Cl)ccc2O[C@@H]3c2ccc(F)cc2)cc1OC. The topological polar surface area (TPSA) is 70.4 Å². The number of methoxy groups -OCH3 is 2. The van der Waals surface area contributed by atoms with Gasteiger partial charge in [-0.1, -0.05) is 29.8 Å². The monoisotopic (exact) mass is 490 g/mol. The van der Waals surface area contributed by atoms with Crippen LogP contribution in [-0.2, 0) is 0 Å². The predicted octanol–water partition coefficient (Wildman–Crippen LogP) is 5.65. The predicted molar refractivity (Wildman–Crippen MR) is 129 cm³/mol. The molecule has 1 aromatic heterocycles. The molecule has 3 heterocycles. The fraction of sp³-hybridized carbons (Fsp3) is 0.154. The van der Waals surface area contributed by atoms with Crippen molar-refractivity contribution in [3.63, 3.8) is 0 Å². The van der Waals surface area contributed by atoms with Crippen LogP contribution in [0, 0.1) is 5.82 Å². The second kappa shape index (κ2) is 8.32. The summed E-state index contributed by atoms with van der Waals surface area (Å²) in [4.78, 5) is 4.43. The Hall–Kier alpha value is -4.04. The number of hydrogen-bond donors (Lipinski definition) is 1. The van der Waals surface area contributed by atoms with Gasteiger partial charge in [0.25, 0.3) is 0 Å². The van der Waals surface area contributed by atoms with Crippen molar-refractivity contribution in [2.75, 3.05) is 19.5 Å². The van der Waals surface area contributed by atoms with Gasteiger partial charge in [0, 0.05) is 16.2 Å². The fourth-order valence-corrected chi connectivity index (χ4v) is 4.87. The maximum absolute atomic E-state index is 13.8. The Morgan fingerprint density at radius 1 is 0.971 bits per heavy atom. The van der Waals surface area contributed by atoms with Crippen LogP contribution in [0.2, 0.25) is 5.02 Å². The molecule has 0 fully saturated rings. The number of nitrogens with one attached hydrogen (secondary N) is 1. The van der Waals surface area contributed by atoms with E-state index in [9.17, 15) is 4.39 Å². The molecule has 7 nitrogen and oxygen atoms in total. The number of anilines is 1. The van der Waals surface area contributed by atoms with E-state index < -0.39 is 12.1 Å². The summed E-state index contributed by atoms with van der Waals surface area (Å²) in [7, 11) is 3.19. The van der Waals surface area contributed by atoms with E-state index in [0.717, 1.165) is 28.0 Å². The quantitative estimate of drug-likeness (QED) is 0.399. The van der Waals surface area contributed by atoms with Crippen LogP contribution >= 0.6 is 11.6 Å². The lowest BCUT2D eigenvalue weighted by molar-refractivity contribution is 0.223. The molecule has 176 valence electrons. The van der Waals surface area contributed by atoms with Gasteiger partial charge in [0.15, 0.2) is 11.5 Å². The zero-order valence-corrected chi connectivity index (χ0v) is 19.6. The van der Waals surface area contributed by atoms with E-state index in [4.69, 9.17) is 25.8 Å². The van der Waals surface area contributed by atoms with Gasteiger partial charge in [-0.3, -0.25) is 0 Å². The van der Waals surface area contributed by atoms with E-state index in [-0.39, 0.29) is 5.82 Å². The van der Waals surface area contributed by atoms with Crippen molar-refractivity contribution in [2.24, 2.45) is 0 Å². The Bertz CT molecular complexity index is 1470. The average molecular weight is 491 g/mol. The van der Waals surface area contributed by atoms with Crippen molar-refractivity contribution in [3.05, 3.63) is 100 Å². The second-order valence-electron chi connectivity index (χ2n) is 8.19. The van der Waals surface area contributed by atoms with Crippen molar-refractivity contribution in [2.45, 2.75) is 12.1 Å². The maximum atomic E-state index is 13.8. The van der Waals surface area contributed by atoms with Crippen molar-refractivity contribution in [3.8, 4) is 17.2 Å². The van der Waals surface area contributed by atoms with Gasteiger partial charge in [-0.25, -0.2) is 9.07 Å². The number of rotatable bonds is 4. The van der Waals surface area contributed by atoms with Crippen LogP contribution in [0.25, 0.3) is 5.70 Å². The molecule has 2 aliphatic heterocycles. The van der Waals surface area contributed by atoms with Gasteiger partial charge in [0.2, 0.25) is 5.95 Å². The van der Waals surface area contributed by atoms with Gasteiger partial charge in [-0.2, -0.15) is 10.1 Å². The highest BCUT2D eigenvalue weighted by atomic mass is 35.5. The molecule has 2 atom stereocenters. The van der Waals surface area contributed by atoms with Crippen molar-refractivity contribution in [1.82, 2.24) is 14.8 Å². The van der Waals surface area contributed by atoms with Crippen LogP contribution < -0.4 is 19.5 Å². The third-order valence-electron chi connectivity index (χ3n) is 6.27. The minimum Gasteiger partial charge on any atom is -0.493 e. The number of hydrogen-bond acceptors (Lipinski definition) is 6. The summed E-state index contributed by atoms with van der Waals surface area (Å²) in [6, 6.07) is 17.1. The molecule has 0 saturated heterocycles. The number of ether oxygens (including phenoxy) is 3. The third kappa shape index (κ3) is 3.49. The van der Waals surface area contributed by atoms with Crippen molar-refractivity contribution >= 4 is 23.2 Å². The number of aromatic nitrogens is 3. The molecule has 0 spiro atoms. The zero-order valence-electron chi connectivity index (χ0n) is 18.8. The third-order valence-corrected chi connectivity index (χ3v) is 6.51. The summed E-state index contributed by atoms with van der Waals surface area (Å²) in [5, 5.41) is 8.52. The van der Waals surface area contributed by atoms with Crippen LogP contribution in [0.3, 0.4) is 0 Å². The highest BCUT2D eigenvalue weighted by Gasteiger charge is 2.41. The molecule has 4 aromatic rings. The number of nitrogens with zero attached hydrogens (tertiary/aromatic N) is 3. The summed E-state index contributed by atoms with van der Waals surface area (Å²) < 4.78 is 33.1. The van der Waals surface area contributed by atoms with Gasteiger partial charge in [0.05, 0.1) is 19.9 Å². The second-order valence-corrected chi connectivity index (χ2v) is 8.63. The Morgan fingerprint density at radius 3 is 2.51 bits per heavy atom. The van der Waals surface area contributed by atoms with Gasteiger partial charge < -0.3 is 19.5 Å². The molecule has 0 bridgehead atoms. The maximum Gasteiger partial charge on any atom is 0.226 e. The molecule has 0 amide bonds. The molecule has 9 heteroatoms. The van der Waals surface area contributed by atoms with Crippen LogP contribution in [0.4, 0.5) is 10.3 Å². The van der Waals surface area contributed by atoms with Crippen LogP contribution in [0.1, 0.15) is 28.8 Å². The molecule has 0 unspecified atom stereocenters. The minimum atomic E-state index is -0.526. The molecular formula is C26H20ClFN4O3. The van der Waals surface area contributed by atoms with Crippen molar-refractivity contribution in [1.29, 1.82) is 0 Å². The van der Waals surface area contributed by atoms with Gasteiger partial charge >= 0.3 is 0 Å². The van der Waals surface area contributed by atoms with E-state index in [1.165, 1.54) is 18.5 Å². The first kappa shape index (κ1) is 21.5. The number of benzene rings is 3. The Morgan fingerprint density at radius 2 is 1.74 bits per heavy atom. The summed E-state index contributed by atoms with van der Waals surface area (Å²) >= 11 is 6.37. The first-order valence-corrected chi connectivity index (χ1v) is 11.3. The lowest BCUT2D eigenvalue weighted by Gasteiger charge is -2.39. The molecule has 35 heavy (non-hydrogen) atoms. The Kier molecular flexibility index (Phi) is 5.11. The Labute approximate surface area is 205 Å². The molecular weight excluding hydrogens is 471 g/mol. The average Bonchev–Trinajstić information content (AvgIpc) is 3.35. The normalized spacial score (nSPS) is 18.1. The molecule has 0 saturated carbocycles. The summed E-state index contributed by atoms with van der Waals surface area (Å²) in [6.07, 6.45) is 0.975. The Balaban J connectivity index is 1.62. The van der Waals surface area contributed by atoms with Crippen LogP contribution in [0.15, 0.2) is 72.6 Å². The molecule has 3 aromatic carbocycles. The number of fused-ring (bicyclic) bond motifs is 3. The van der Waals surface area contributed by atoms with E-state index in [1.54, 1.807) is 37.1 Å². The van der Waals surface area contributed by atoms with E-state index in [2.05, 4.69) is 15.4 Å². The highest BCUT2D eigenvalue weighted by Crippen LogP contribution is 2.51. The van der Waals surface area contributed by atoms with Gasteiger partial charge in [-0.15, -0.1) is 0 Å². The van der Waals surface area contributed by atoms with E-state index in [0.29, 0.717) is 28.2 Å². The molecule has 0 aliphatic carbocycles. The van der Waals surface area contributed by atoms with Crippen LogP contribution in [0.5, 0.6) is 17.2 Å². The largest absolute Gasteiger partial charge is 0.493 e. The lowest BCUT2D eigenvalue weighted by atomic mass is 9.84. The smallest absolute Gasteiger partial charge is 0.226 e. The van der Waals surface area contributed by atoms with E-state index in [1.807, 2.05) is 30.3 Å². The molecule has 0 radical (unpaired) electrons. The first-order chi connectivity index (χ1) is 17.1. The molecule has 1 N–H and O–H groups in total. The van der Waals surface area contributed by atoms with E-state index >= 15 is 0 Å². The summed E-state index contributed by atoms with van der Waals surface area (Å²) in [5.74, 6) is 2.13. The number of halogens is 2. The highest BCUT2D eigenvalue weighted by molar-refractivity contribution is 6.30. The fourth-order valence-electron chi connectivity index (χ4n) is 4.70. The molecule has 2 aliphatic rings. The standard InChI is InChI=1S/C26H20ClFN4O3/c1-33-20-9-5-15(11-21(20)34-2)24-22-23(31-26-29-13-30-32(24)26)18-12-16(27)6-10-19(18)35-25(22)14-3-7-17(28)8-4-14/h3-13,24-25H,1-2H3,(H,29,30,31)/t24-,25-/m1/s1. The van der Waals surface area contributed by atoms with Gasteiger partial charge in [0.1, 0.15) is 30.0 Å². The van der Waals surface area contributed by atoms with Crippen LogP contribution in [-0.4, -0.2) is 29.0 Å². The summed E-state index contributed by atoms with van der Waals surface area (Å²) in [5.41, 5.74) is 4.21. The van der Waals surface area contributed by atoms with Crippen molar-refractivity contribution < 1.29 is 18.6 Å². The zero-order chi connectivity index (χ0) is 24.1. The minimum absolute atomic E-state index is 0.317. The summed E-state index contributed by atoms with van der Waals surface area (Å²) in [6.45, 7) is 0. The van der Waals surface area contributed by atoms with Gasteiger partial charge in [-0.05, 0) is 53.6 Å². The molecule has 6 rings (SSSR count).